The summed E-state index contributed by atoms with van der Waals surface area (Å²) >= 11 is 0. The maximum atomic E-state index is 5.68. The third-order valence-corrected chi connectivity index (χ3v) is 2.87. The molecule has 0 aliphatic rings. The molecule has 0 radical (unpaired) electrons. The Morgan fingerprint density at radius 1 is 1.05 bits per heavy atom. The van der Waals surface area contributed by atoms with Crippen molar-refractivity contribution < 1.29 is 4.74 Å². The standard InChI is InChI=1S/C14H13N5O/c1-20-14-8-16-7-13(18-14)19-9-11(6-17-19)10-2-4-12(15)5-3-10/h2-9H,15H2,1H3. The number of hydrogen-bond donors (Lipinski definition) is 1. The van der Waals surface area contributed by atoms with E-state index in [2.05, 4.69) is 15.1 Å². The molecule has 2 heterocycles. The van der Waals surface area contributed by atoms with E-state index in [1.54, 1.807) is 30.4 Å². The molecule has 3 aromatic rings. The van der Waals surface area contributed by atoms with Crippen molar-refractivity contribution >= 4 is 5.69 Å². The van der Waals surface area contributed by atoms with Crippen LogP contribution < -0.4 is 10.5 Å². The predicted octanol–water partition coefficient (Wildman–Crippen LogP) is 1.92. The van der Waals surface area contributed by atoms with E-state index in [1.807, 2.05) is 30.5 Å². The third-order valence-electron chi connectivity index (χ3n) is 2.87. The molecule has 0 saturated heterocycles. The van der Waals surface area contributed by atoms with E-state index in [9.17, 15) is 0 Å². The van der Waals surface area contributed by atoms with Crippen LogP contribution in [-0.2, 0) is 0 Å². The summed E-state index contributed by atoms with van der Waals surface area (Å²) in [7, 11) is 1.55. The predicted molar refractivity (Wildman–Crippen MR) is 75.6 cm³/mol. The summed E-state index contributed by atoms with van der Waals surface area (Å²) < 4.78 is 6.71. The van der Waals surface area contributed by atoms with Crippen LogP contribution in [0, 0.1) is 0 Å². The van der Waals surface area contributed by atoms with Gasteiger partial charge in [0.15, 0.2) is 5.82 Å². The molecule has 6 heteroatoms. The fourth-order valence-electron chi connectivity index (χ4n) is 1.82. The molecule has 20 heavy (non-hydrogen) atoms. The van der Waals surface area contributed by atoms with Crippen molar-refractivity contribution in [2.24, 2.45) is 0 Å². The van der Waals surface area contributed by atoms with Crippen molar-refractivity contribution in [1.29, 1.82) is 0 Å². The van der Waals surface area contributed by atoms with Gasteiger partial charge in [-0.3, -0.25) is 4.98 Å². The molecule has 0 bridgehead atoms. The van der Waals surface area contributed by atoms with Crippen LogP contribution in [0.3, 0.4) is 0 Å². The van der Waals surface area contributed by atoms with Crippen molar-refractivity contribution in [3.8, 4) is 22.8 Å². The normalized spacial score (nSPS) is 10.4. The lowest BCUT2D eigenvalue weighted by molar-refractivity contribution is 0.394. The largest absolute Gasteiger partial charge is 0.480 e. The Balaban J connectivity index is 1.95. The number of nitrogen functional groups attached to an aromatic ring is 1. The first-order valence-corrected chi connectivity index (χ1v) is 6.03. The highest BCUT2D eigenvalue weighted by Crippen LogP contribution is 2.21. The number of aromatic nitrogens is 4. The van der Waals surface area contributed by atoms with E-state index < -0.39 is 0 Å². The minimum atomic E-state index is 0.451. The Labute approximate surface area is 115 Å². The van der Waals surface area contributed by atoms with Crippen molar-refractivity contribution in [3.05, 3.63) is 49.1 Å². The molecule has 100 valence electrons. The van der Waals surface area contributed by atoms with Crippen LogP contribution >= 0.6 is 0 Å². The number of methoxy groups -OCH3 is 1. The molecule has 1 aromatic carbocycles. The van der Waals surface area contributed by atoms with Gasteiger partial charge in [0.1, 0.15) is 0 Å². The van der Waals surface area contributed by atoms with E-state index in [-0.39, 0.29) is 0 Å². The smallest absolute Gasteiger partial charge is 0.234 e. The molecular weight excluding hydrogens is 254 g/mol. The molecule has 0 fully saturated rings. The Bertz CT molecular complexity index is 720. The Kier molecular flexibility index (Phi) is 3.04. The first-order chi connectivity index (χ1) is 9.76. The number of ether oxygens (including phenoxy) is 1. The van der Waals surface area contributed by atoms with Crippen molar-refractivity contribution in [1.82, 2.24) is 19.7 Å². The highest BCUT2D eigenvalue weighted by atomic mass is 16.5. The van der Waals surface area contributed by atoms with Gasteiger partial charge in [-0.05, 0) is 17.7 Å². The number of anilines is 1. The lowest BCUT2D eigenvalue weighted by atomic mass is 10.1. The lowest BCUT2D eigenvalue weighted by Gasteiger charge is -2.02. The first kappa shape index (κ1) is 12.2. The van der Waals surface area contributed by atoms with Gasteiger partial charge in [-0.2, -0.15) is 10.1 Å². The average molecular weight is 267 g/mol. The summed E-state index contributed by atoms with van der Waals surface area (Å²) in [6.07, 6.45) is 6.83. The number of nitrogens with two attached hydrogens (primary N) is 1. The summed E-state index contributed by atoms with van der Waals surface area (Å²) in [6.45, 7) is 0. The van der Waals surface area contributed by atoms with Crippen LogP contribution in [0.1, 0.15) is 0 Å². The summed E-state index contributed by atoms with van der Waals surface area (Å²) in [6, 6.07) is 7.62. The highest BCUT2D eigenvalue weighted by molar-refractivity contribution is 5.64. The maximum Gasteiger partial charge on any atom is 0.234 e. The molecule has 0 saturated carbocycles. The highest BCUT2D eigenvalue weighted by Gasteiger charge is 2.05. The molecule has 0 aliphatic carbocycles. The van der Waals surface area contributed by atoms with Gasteiger partial charge >= 0.3 is 0 Å². The van der Waals surface area contributed by atoms with Gasteiger partial charge in [-0.15, -0.1) is 0 Å². The maximum absolute atomic E-state index is 5.68. The van der Waals surface area contributed by atoms with Crippen LogP contribution in [0.5, 0.6) is 5.88 Å². The van der Waals surface area contributed by atoms with Crippen molar-refractivity contribution in [3.63, 3.8) is 0 Å². The number of benzene rings is 1. The molecule has 2 aromatic heterocycles. The van der Waals surface area contributed by atoms with Gasteiger partial charge in [0, 0.05) is 17.4 Å². The fourth-order valence-corrected chi connectivity index (χ4v) is 1.82. The van der Waals surface area contributed by atoms with Crippen LogP contribution in [-0.4, -0.2) is 26.9 Å². The summed E-state index contributed by atoms with van der Waals surface area (Å²) in [4.78, 5) is 8.34. The number of nitrogens with zero attached hydrogens (tertiary/aromatic N) is 4. The molecule has 0 atom stereocenters. The molecule has 0 spiro atoms. The molecular formula is C14H13N5O. The first-order valence-electron chi connectivity index (χ1n) is 6.03. The monoisotopic (exact) mass is 267 g/mol. The second-order valence-corrected chi connectivity index (χ2v) is 4.22. The quantitative estimate of drug-likeness (QED) is 0.733. The second kappa shape index (κ2) is 5.00. The Morgan fingerprint density at radius 3 is 2.60 bits per heavy atom. The Hall–Kier alpha value is -2.89. The SMILES string of the molecule is COc1cncc(-n2cc(-c3ccc(N)cc3)cn2)n1. The van der Waals surface area contributed by atoms with E-state index in [1.165, 1.54) is 0 Å². The topological polar surface area (TPSA) is 78.9 Å². The van der Waals surface area contributed by atoms with Gasteiger partial charge in [-0.25, -0.2) is 4.68 Å². The van der Waals surface area contributed by atoms with E-state index in [0.717, 1.165) is 16.8 Å². The van der Waals surface area contributed by atoms with Crippen LogP contribution in [0.15, 0.2) is 49.1 Å². The lowest BCUT2D eigenvalue weighted by Crippen LogP contribution is -2.00. The minimum absolute atomic E-state index is 0.451. The third kappa shape index (κ3) is 2.31. The zero-order valence-electron chi connectivity index (χ0n) is 10.9. The van der Waals surface area contributed by atoms with Gasteiger partial charge in [-0.1, -0.05) is 12.1 Å². The van der Waals surface area contributed by atoms with Gasteiger partial charge in [0.2, 0.25) is 5.88 Å². The van der Waals surface area contributed by atoms with E-state index >= 15 is 0 Å². The zero-order chi connectivity index (χ0) is 13.9. The Morgan fingerprint density at radius 2 is 1.85 bits per heavy atom. The van der Waals surface area contributed by atoms with E-state index in [4.69, 9.17) is 10.5 Å². The van der Waals surface area contributed by atoms with Gasteiger partial charge in [0.25, 0.3) is 0 Å². The molecule has 0 aliphatic heterocycles. The number of rotatable bonds is 3. The summed E-state index contributed by atoms with van der Waals surface area (Å²) in [5, 5.41) is 4.29. The summed E-state index contributed by atoms with van der Waals surface area (Å²) in [5.74, 6) is 1.05. The van der Waals surface area contributed by atoms with E-state index in [0.29, 0.717) is 11.7 Å². The molecule has 3 rings (SSSR count). The van der Waals surface area contributed by atoms with Crippen molar-refractivity contribution in [2.45, 2.75) is 0 Å². The molecule has 0 unspecified atom stereocenters. The number of hydrogen-bond acceptors (Lipinski definition) is 5. The van der Waals surface area contributed by atoms with Crippen molar-refractivity contribution in [2.75, 3.05) is 12.8 Å². The summed E-state index contributed by atoms with van der Waals surface area (Å²) in [5.41, 5.74) is 8.44. The molecule has 2 N–H and O–H groups in total. The van der Waals surface area contributed by atoms with Gasteiger partial charge in [0.05, 0.1) is 25.7 Å². The van der Waals surface area contributed by atoms with Crippen LogP contribution in [0.2, 0.25) is 0 Å². The second-order valence-electron chi connectivity index (χ2n) is 4.22. The molecule has 6 nitrogen and oxygen atoms in total. The zero-order valence-corrected chi connectivity index (χ0v) is 10.9. The van der Waals surface area contributed by atoms with Crippen LogP contribution in [0.25, 0.3) is 16.9 Å². The minimum Gasteiger partial charge on any atom is -0.480 e. The van der Waals surface area contributed by atoms with Crippen LogP contribution in [0.4, 0.5) is 5.69 Å². The fraction of sp³-hybridized carbons (Fsp3) is 0.0714. The van der Waals surface area contributed by atoms with Gasteiger partial charge < -0.3 is 10.5 Å². The average Bonchev–Trinajstić information content (AvgIpc) is 2.98. The molecule has 0 amide bonds.